The summed E-state index contributed by atoms with van der Waals surface area (Å²) in [7, 11) is 0. The summed E-state index contributed by atoms with van der Waals surface area (Å²) in [5.41, 5.74) is 1.03. The van der Waals surface area contributed by atoms with Crippen molar-refractivity contribution in [3.63, 3.8) is 0 Å². The molecular formula is C17H9Cl2FN2O3. The zero-order valence-electron chi connectivity index (χ0n) is 12.4. The number of carbonyl (C=O) groups is 2. The summed E-state index contributed by atoms with van der Waals surface area (Å²) in [6, 6.07) is 9.94. The summed E-state index contributed by atoms with van der Waals surface area (Å²) in [5.74, 6) is -2.37. The van der Waals surface area contributed by atoms with Crippen LogP contribution in [-0.2, 0) is 14.4 Å². The maximum atomic E-state index is 13.1. The number of amides is 2. The second-order valence-corrected chi connectivity index (χ2v) is 6.44. The fraction of sp³-hybridized carbons (Fsp3) is 0.118. The van der Waals surface area contributed by atoms with Crippen molar-refractivity contribution >= 4 is 46.4 Å². The predicted molar refractivity (Wildman–Crippen MR) is 90.3 cm³/mol. The second-order valence-electron chi connectivity index (χ2n) is 5.59. The van der Waals surface area contributed by atoms with Crippen LogP contribution in [0.3, 0.4) is 0 Å². The number of halogens is 3. The molecule has 0 radical (unpaired) electrons. The number of rotatable bonds is 2. The average molecular weight is 379 g/mol. The lowest BCUT2D eigenvalue weighted by molar-refractivity contribution is -0.126. The van der Waals surface area contributed by atoms with Gasteiger partial charge in [0.1, 0.15) is 17.4 Å². The van der Waals surface area contributed by atoms with E-state index >= 15 is 0 Å². The topological polar surface area (TPSA) is 59.0 Å². The lowest BCUT2D eigenvalue weighted by Crippen LogP contribution is -2.33. The number of imide groups is 1. The van der Waals surface area contributed by atoms with Gasteiger partial charge in [0.05, 0.1) is 10.7 Å². The highest BCUT2D eigenvalue weighted by atomic mass is 35.5. The van der Waals surface area contributed by atoms with Crippen LogP contribution >= 0.6 is 23.2 Å². The molecule has 1 saturated heterocycles. The molecule has 0 saturated carbocycles. The molecule has 2 aliphatic heterocycles. The fourth-order valence-electron chi connectivity index (χ4n) is 2.94. The summed E-state index contributed by atoms with van der Waals surface area (Å²) in [4.78, 5) is 31.6. The molecule has 2 aliphatic rings. The van der Waals surface area contributed by atoms with E-state index in [2.05, 4.69) is 5.16 Å². The number of benzene rings is 2. The molecule has 0 bridgehead atoms. The summed E-state index contributed by atoms with van der Waals surface area (Å²) in [6.45, 7) is 0. The molecular weight excluding hydrogens is 370 g/mol. The number of nitrogens with zero attached hydrogens (tertiary/aromatic N) is 2. The molecule has 2 heterocycles. The molecule has 4 rings (SSSR count). The van der Waals surface area contributed by atoms with Gasteiger partial charge in [-0.3, -0.25) is 9.59 Å². The van der Waals surface area contributed by atoms with Crippen LogP contribution in [0.2, 0.25) is 10.0 Å². The Morgan fingerprint density at radius 2 is 1.76 bits per heavy atom. The smallest absolute Gasteiger partial charge is 0.279 e. The number of oxime groups is 1. The van der Waals surface area contributed by atoms with Crippen LogP contribution in [0, 0.1) is 11.7 Å². The Morgan fingerprint density at radius 3 is 2.44 bits per heavy atom. The first kappa shape index (κ1) is 16.1. The van der Waals surface area contributed by atoms with E-state index in [0.29, 0.717) is 10.6 Å². The first-order valence-electron chi connectivity index (χ1n) is 7.30. The third-order valence-electron chi connectivity index (χ3n) is 4.10. The van der Waals surface area contributed by atoms with Crippen molar-refractivity contribution in [1.82, 2.24) is 0 Å². The minimum atomic E-state index is -1.06. The van der Waals surface area contributed by atoms with Crippen LogP contribution < -0.4 is 4.90 Å². The molecule has 0 unspecified atom stereocenters. The minimum Gasteiger partial charge on any atom is -0.381 e. The van der Waals surface area contributed by atoms with Gasteiger partial charge >= 0.3 is 0 Å². The van der Waals surface area contributed by atoms with Crippen LogP contribution in [0.1, 0.15) is 5.56 Å². The van der Waals surface area contributed by atoms with Gasteiger partial charge in [0.15, 0.2) is 0 Å². The standard InChI is InChI=1S/C17H9Cl2FN2O3/c18-9-3-6-12(11(19)7-9)22-16(23)13-14(21-25-15(13)17(22)24)8-1-4-10(20)5-2-8/h1-7,13,15H/t13-,15-/m1/s1. The van der Waals surface area contributed by atoms with Gasteiger partial charge in [0.2, 0.25) is 12.0 Å². The molecule has 0 aromatic heterocycles. The van der Waals surface area contributed by atoms with E-state index in [4.69, 9.17) is 28.0 Å². The molecule has 2 aromatic carbocycles. The number of fused-ring (bicyclic) bond motifs is 1. The van der Waals surface area contributed by atoms with Crippen molar-refractivity contribution in [2.75, 3.05) is 4.90 Å². The fourth-order valence-corrected chi connectivity index (χ4v) is 3.43. The number of carbonyl (C=O) groups excluding carboxylic acids is 2. The SMILES string of the molecule is O=C1[C@@H]2C(c3ccc(F)cc3)=NO[C@H]2C(=O)N1c1ccc(Cl)cc1Cl. The Morgan fingerprint density at radius 1 is 1.04 bits per heavy atom. The predicted octanol–water partition coefficient (Wildman–Crippen LogP) is 3.43. The van der Waals surface area contributed by atoms with E-state index in [1.807, 2.05) is 0 Å². The van der Waals surface area contributed by atoms with E-state index in [1.54, 1.807) is 0 Å². The number of hydrogen-bond acceptors (Lipinski definition) is 4. The highest BCUT2D eigenvalue weighted by Gasteiger charge is 2.56. The van der Waals surface area contributed by atoms with E-state index in [-0.39, 0.29) is 16.4 Å². The van der Waals surface area contributed by atoms with Crippen LogP contribution in [0.5, 0.6) is 0 Å². The van der Waals surface area contributed by atoms with Gasteiger partial charge in [0.25, 0.3) is 5.91 Å². The largest absolute Gasteiger partial charge is 0.381 e. The quantitative estimate of drug-likeness (QED) is 0.752. The summed E-state index contributed by atoms with van der Waals surface area (Å²) in [5, 5.41) is 4.42. The third-order valence-corrected chi connectivity index (χ3v) is 4.64. The Labute approximate surface area is 151 Å². The van der Waals surface area contributed by atoms with Crippen molar-refractivity contribution in [2.45, 2.75) is 6.10 Å². The van der Waals surface area contributed by atoms with Gasteiger partial charge in [-0.25, -0.2) is 9.29 Å². The van der Waals surface area contributed by atoms with E-state index < -0.39 is 29.7 Å². The number of hydrogen-bond donors (Lipinski definition) is 0. The summed E-state index contributed by atoms with van der Waals surface area (Å²) < 4.78 is 13.1. The highest BCUT2D eigenvalue weighted by Crippen LogP contribution is 2.38. The summed E-state index contributed by atoms with van der Waals surface area (Å²) in [6.07, 6.45) is -1.06. The molecule has 1 fully saturated rings. The van der Waals surface area contributed by atoms with E-state index in [0.717, 1.165) is 4.90 Å². The molecule has 0 N–H and O–H groups in total. The maximum Gasteiger partial charge on any atom is 0.279 e. The molecule has 25 heavy (non-hydrogen) atoms. The summed E-state index contributed by atoms with van der Waals surface area (Å²) >= 11 is 12.0. The minimum absolute atomic E-state index is 0.175. The molecule has 5 nitrogen and oxygen atoms in total. The van der Waals surface area contributed by atoms with E-state index in [9.17, 15) is 14.0 Å². The zero-order chi connectivity index (χ0) is 17.7. The molecule has 0 aliphatic carbocycles. The Balaban J connectivity index is 1.72. The normalized spacial score (nSPS) is 22.0. The Hall–Kier alpha value is -2.44. The lowest BCUT2D eigenvalue weighted by atomic mass is 9.94. The zero-order valence-corrected chi connectivity index (χ0v) is 14.0. The monoisotopic (exact) mass is 378 g/mol. The van der Waals surface area contributed by atoms with Crippen molar-refractivity contribution in [2.24, 2.45) is 11.1 Å². The van der Waals surface area contributed by atoms with Crippen molar-refractivity contribution < 1.29 is 18.8 Å². The van der Waals surface area contributed by atoms with Gasteiger partial charge < -0.3 is 4.84 Å². The molecule has 126 valence electrons. The van der Waals surface area contributed by atoms with Gasteiger partial charge in [0, 0.05) is 10.6 Å². The van der Waals surface area contributed by atoms with Gasteiger partial charge in [-0.1, -0.05) is 40.5 Å². The van der Waals surface area contributed by atoms with Crippen molar-refractivity contribution in [3.8, 4) is 0 Å². The highest BCUT2D eigenvalue weighted by molar-refractivity contribution is 6.39. The van der Waals surface area contributed by atoms with E-state index in [1.165, 1.54) is 42.5 Å². The van der Waals surface area contributed by atoms with Gasteiger partial charge in [-0.05, 0) is 30.3 Å². The van der Waals surface area contributed by atoms with Gasteiger partial charge in [-0.2, -0.15) is 0 Å². The van der Waals surface area contributed by atoms with Crippen LogP contribution in [0.25, 0.3) is 0 Å². The van der Waals surface area contributed by atoms with Crippen LogP contribution in [0.15, 0.2) is 47.6 Å². The van der Waals surface area contributed by atoms with Crippen LogP contribution in [0.4, 0.5) is 10.1 Å². The molecule has 2 amide bonds. The second kappa shape index (κ2) is 5.82. The third kappa shape index (κ3) is 2.49. The number of anilines is 1. The van der Waals surface area contributed by atoms with Crippen molar-refractivity contribution in [3.05, 3.63) is 63.9 Å². The van der Waals surface area contributed by atoms with Gasteiger partial charge in [-0.15, -0.1) is 0 Å². The molecule has 8 heteroatoms. The maximum absolute atomic E-state index is 13.1. The van der Waals surface area contributed by atoms with Crippen LogP contribution in [-0.4, -0.2) is 23.6 Å². The molecule has 0 spiro atoms. The average Bonchev–Trinajstić information content (AvgIpc) is 3.11. The first-order valence-corrected chi connectivity index (χ1v) is 8.05. The molecule has 2 atom stereocenters. The molecule has 2 aromatic rings. The Kier molecular flexibility index (Phi) is 3.74. The van der Waals surface area contributed by atoms with Crippen molar-refractivity contribution in [1.29, 1.82) is 0 Å². The Bertz CT molecular complexity index is 930. The first-order chi connectivity index (χ1) is 12.0. The lowest BCUT2D eigenvalue weighted by Gasteiger charge is -2.17.